The van der Waals surface area contributed by atoms with Crippen LogP contribution in [0.5, 0.6) is 0 Å². The number of nitrogens with zero attached hydrogens (tertiary/aromatic N) is 3. The Morgan fingerprint density at radius 3 is 2.90 bits per heavy atom. The van der Waals surface area contributed by atoms with Crippen molar-refractivity contribution < 1.29 is 18.0 Å². The summed E-state index contributed by atoms with van der Waals surface area (Å²) < 4.78 is 38.4. The summed E-state index contributed by atoms with van der Waals surface area (Å²) in [6, 6.07) is 1.00. The SMILES string of the molecule is CC(=O)N1c2cc(C(F)(F)F)cnc2N2CCNC[C@@H]21. The van der Waals surface area contributed by atoms with E-state index in [1.165, 1.54) is 11.8 Å². The number of pyridine rings is 1. The zero-order valence-corrected chi connectivity index (χ0v) is 10.7. The van der Waals surface area contributed by atoms with Crippen LogP contribution in [0, 0.1) is 0 Å². The summed E-state index contributed by atoms with van der Waals surface area (Å²) in [5.41, 5.74) is -0.601. The van der Waals surface area contributed by atoms with Gasteiger partial charge in [0.15, 0.2) is 5.82 Å². The van der Waals surface area contributed by atoms with Gasteiger partial charge in [0, 0.05) is 32.8 Å². The molecule has 0 spiro atoms. The summed E-state index contributed by atoms with van der Waals surface area (Å²) in [4.78, 5) is 19.0. The van der Waals surface area contributed by atoms with Crippen molar-refractivity contribution in [2.24, 2.45) is 0 Å². The lowest BCUT2D eigenvalue weighted by atomic mass is 10.2. The van der Waals surface area contributed by atoms with Gasteiger partial charge >= 0.3 is 6.18 Å². The number of anilines is 2. The number of piperazine rings is 1. The van der Waals surface area contributed by atoms with E-state index in [2.05, 4.69) is 10.3 Å². The average molecular weight is 286 g/mol. The summed E-state index contributed by atoms with van der Waals surface area (Å²) in [5, 5.41) is 3.14. The van der Waals surface area contributed by atoms with Crippen molar-refractivity contribution >= 4 is 17.4 Å². The number of aromatic nitrogens is 1. The molecule has 1 N–H and O–H groups in total. The Bertz CT molecular complexity index is 560. The number of hydrogen-bond acceptors (Lipinski definition) is 4. The lowest BCUT2D eigenvalue weighted by molar-refractivity contribution is -0.137. The second kappa shape index (κ2) is 4.34. The summed E-state index contributed by atoms with van der Waals surface area (Å²) in [6.45, 7) is 3.18. The van der Waals surface area contributed by atoms with E-state index in [4.69, 9.17) is 0 Å². The van der Waals surface area contributed by atoms with Crippen LogP contribution in [0.4, 0.5) is 24.7 Å². The highest BCUT2D eigenvalue weighted by Gasteiger charge is 2.42. The highest BCUT2D eigenvalue weighted by Crippen LogP contribution is 2.41. The lowest BCUT2D eigenvalue weighted by Gasteiger charge is -2.34. The number of hydrogen-bond donors (Lipinski definition) is 1. The van der Waals surface area contributed by atoms with Crippen molar-refractivity contribution in [3.63, 3.8) is 0 Å². The Hall–Kier alpha value is -1.83. The van der Waals surface area contributed by atoms with Gasteiger partial charge in [-0.25, -0.2) is 4.98 Å². The van der Waals surface area contributed by atoms with E-state index in [9.17, 15) is 18.0 Å². The molecule has 108 valence electrons. The van der Waals surface area contributed by atoms with E-state index in [1.807, 2.05) is 4.90 Å². The van der Waals surface area contributed by atoms with Gasteiger partial charge in [-0.2, -0.15) is 13.2 Å². The number of rotatable bonds is 0. The summed E-state index contributed by atoms with van der Waals surface area (Å²) in [7, 11) is 0. The van der Waals surface area contributed by atoms with Gasteiger partial charge in [0.1, 0.15) is 6.17 Å². The third-order valence-corrected chi connectivity index (χ3v) is 3.56. The molecule has 0 unspecified atom stereocenters. The van der Waals surface area contributed by atoms with Crippen LogP contribution in [0.1, 0.15) is 12.5 Å². The molecule has 3 heterocycles. The van der Waals surface area contributed by atoms with E-state index in [1.54, 1.807) is 0 Å². The minimum Gasteiger partial charge on any atom is -0.332 e. The number of carbonyl (C=O) groups excluding carboxylic acids is 1. The fourth-order valence-electron chi connectivity index (χ4n) is 2.71. The zero-order valence-electron chi connectivity index (χ0n) is 10.7. The first-order valence-corrected chi connectivity index (χ1v) is 6.24. The fraction of sp³-hybridized carbons (Fsp3) is 0.500. The van der Waals surface area contributed by atoms with Crippen LogP contribution < -0.4 is 15.1 Å². The predicted molar refractivity (Wildman–Crippen MR) is 66.4 cm³/mol. The molecule has 2 aliphatic heterocycles. The molecule has 0 aliphatic carbocycles. The number of carbonyl (C=O) groups is 1. The Morgan fingerprint density at radius 2 is 2.25 bits per heavy atom. The molecule has 1 saturated heterocycles. The first kappa shape index (κ1) is 13.2. The van der Waals surface area contributed by atoms with Crippen LogP contribution >= 0.6 is 0 Å². The van der Waals surface area contributed by atoms with Gasteiger partial charge < -0.3 is 10.2 Å². The smallest absolute Gasteiger partial charge is 0.332 e. The van der Waals surface area contributed by atoms with Gasteiger partial charge in [0.05, 0.1) is 11.3 Å². The Labute approximate surface area is 113 Å². The van der Waals surface area contributed by atoms with Crippen molar-refractivity contribution in [2.45, 2.75) is 19.3 Å². The molecular weight excluding hydrogens is 273 g/mol. The highest BCUT2D eigenvalue weighted by molar-refractivity contribution is 5.98. The second-order valence-corrected chi connectivity index (χ2v) is 4.83. The maximum absolute atomic E-state index is 12.8. The second-order valence-electron chi connectivity index (χ2n) is 4.83. The van der Waals surface area contributed by atoms with Gasteiger partial charge in [0.2, 0.25) is 5.91 Å². The van der Waals surface area contributed by atoms with E-state index < -0.39 is 11.7 Å². The predicted octanol–water partition coefficient (Wildman–Crippen LogP) is 1.20. The Kier molecular flexibility index (Phi) is 2.86. The maximum Gasteiger partial charge on any atom is 0.417 e. The lowest BCUT2D eigenvalue weighted by Crippen LogP contribution is -2.57. The number of halogens is 3. The van der Waals surface area contributed by atoms with Crippen LogP contribution in [0.25, 0.3) is 0 Å². The molecule has 1 aromatic heterocycles. The standard InChI is InChI=1S/C12H13F3N4O/c1-7(20)19-9-4-8(12(13,14)15)5-17-11(9)18-3-2-16-6-10(18)19/h4-5,10,16H,2-3,6H2,1H3/t10-/m0/s1. The van der Waals surface area contributed by atoms with Gasteiger partial charge in [-0.1, -0.05) is 0 Å². The molecule has 3 rings (SSSR count). The normalized spacial score (nSPS) is 21.7. The van der Waals surface area contributed by atoms with Crippen LogP contribution in [0.3, 0.4) is 0 Å². The third kappa shape index (κ3) is 1.91. The van der Waals surface area contributed by atoms with Gasteiger partial charge in [-0.05, 0) is 6.07 Å². The highest BCUT2D eigenvalue weighted by atomic mass is 19.4. The maximum atomic E-state index is 12.8. The van der Waals surface area contributed by atoms with Crippen LogP contribution in [0.15, 0.2) is 12.3 Å². The van der Waals surface area contributed by atoms with E-state index in [0.717, 1.165) is 12.3 Å². The summed E-state index contributed by atoms with van der Waals surface area (Å²) in [6.07, 6.45) is -3.94. The van der Waals surface area contributed by atoms with Gasteiger partial charge in [-0.3, -0.25) is 9.69 Å². The first-order chi connectivity index (χ1) is 9.39. The van der Waals surface area contributed by atoms with Crippen LogP contribution in [0.2, 0.25) is 0 Å². The first-order valence-electron chi connectivity index (χ1n) is 6.24. The Morgan fingerprint density at radius 1 is 1.50 bits per heavy atom. The molecule has 1 atom stereocenters. The molecule has 8 heteroatoms. The fourth-order valence-corrected chi connectivity index (χ4v) is 2.71. The minimum atomic E-state index is -4.47. The minimum absolute atomic E-state index is 0.237. The van der Waals surface area contributed by atoms with Crippen molar-refractivity contribution in [1.29, 1.82) is 0 Å². The topological polar surface area (TPSA) is 48.5 Å². The number of amides is 1. The molecule has 0 aromatic carbocycles. The third-order valence-electron chi connectivity index (χ3n) is 3.56. The van der Waals surface area contributed by atoms with Crippen molar-refractivity contribution in [3.8, 4) is 0 Å². The average Bonchev–Trinajstić information content (AvgIpc) is 2.71. The quantitative estimate of drug-likeness (QED) is 0.778. The molecule has 0 radical (unpaired) electrons. The van der Waals surface area contributed by atoms with Crippen molar-refractivity contribution in [1.82, 2.24) is 10.3 Å². The molecule has 2 aliphatic rings. The van der Waals surface area contributed by atoms with E-state index in [0.29, 0.717) is 25.5 Å². The molecule has 1 aromatic rings. The van der Waals surface area contributed by atoms with Gasteiger partial charge in [-0.15, -0.1) is 0 Å². The number of fused-ring (bicyclic) bond motifs is 3. The van der Waals surface area contributed by atoms with Crippen molar-refractivity contribution in [2.75, 3.05) is 29.4 Å². The summed E-state index contributed by atoms with van der Waals surface area (Å²) >= 11 is 0. The molecule has 0 saturated carbocycles. The monoisotopic (exact) mass is 286 g/mol. The molecule has 1 amide bonds. The van der Waals surface area contributed by atoms with Gasteiger partial charge in [0.25, 0.3) is 0 Å². The summed E-state index contributed by atoms with van der Waals surface area (Å²) in [5.74, 6) is 0.156. The Balaban J connectivity index is 2.10. The number of nitrogens with one attached hydrogen (secondary N) is 1. The zero-order chi connectivity index (χ0) is 14.5. The van der Waals surface area contributed by atoms with Crippen LogP contribution in [-0.4, -0.2) is 36.7 Å². The number of alkyl halides is 3. The largest absolute Gasteiger partial charge is 0.417 e. The molecule has 20 heavy (non-hydrogen) atoms. The molecule has 1 fully saturated rings. The van der Waals surface area contributed by atoms with Crippen molar-refractivity contribution in [3.05, 3.63) is 17.8 Å². The van der Waals surface area contributed by atoms with E-state index in [-0.39, 0.29) is 17.8 Å². The van der Waals surface area contributed by atoms with E-state index >= 15 is 0 Å². The molecular formula is C12H13F3N4O. The van der Waals surface area contributed by atoms with Crippen LogP contribution in [-0.2, 0) is 11.0 Å². The molecule has 5 nitrogen and oxygen atoms in total. The molecule has 0 bridgehead atoms.